The molecule has 11 aliphatic carbocycles. The molecular weight excluding hydrogens is 1080 g/mol. The highest BCUT2D eigenvalue weighted by molar-refractivity contribution is 5.96. The third kappa shape index (κ3) is 5.24. The number of ether oxygens (including phenoxy) is 4. The van der Waals surface area contributed by atoms with E-state index in [2.05, 4.69) is 96.7 Å². The second-order valence-electron chi connectivity index (χ2n) is 32.5. The molecule has 1 aromatic heterocycles. The van der Waals surface area contributed by atoms with E-state index in [1.165, 1.54) is 11.1 Å². The fourth-order valence-electron chi connectivity index (χ4n) is 28.8. The molecule has 20 rings (SSSR count). The second-order valence-corrected chi connectivity index (χ2v) is 32.5. The number of benzene rings is 1. The fourth-order valence-corrected chi connectivity index (χ4v) is 28.8. The van der Waals surface area contributed by atoms with Gasteiger partial charge in [0.05, 0.1) is 48.5 Å². The van der Waals surface area contributed by atoms with Crippen LogP contribution in [0.25, 0.3) is 0 Å². The molecule has 5 saturated heterocycles. The predicted molar refractivity (Wildman–Crippen MR) is 311 cm³/mol. The van der Waals surface area contributed by atoms with Gasteiger partial charge in [0.15, 0.2) is 17.5 Å². The highest BCUT2D eigenvalue weighted by Gasteiger charge is 3.02. The van der Waals surface area contributed by atoms with Gasteiger partial charge in [0.2, 0.25) is 0 Å². The lowest BCUT2D eigenvalue weighted by atomic mass is 9.27. The standard InChI is InChI=1S/C73H84N2O11/c1-64-23-18-48-30-49-29-47-19-24-68-63(81)83-37-67(72(48,68)86-64)58-45(33-69(49,68)66(47)21-6-7-22-66)32-65(2)71-46(16-13-44-36-82-55(56(44)71)31-51(54(77)35-76)42-14-17-50-43(28-42)20-25-75-38-74-34-53(50)75)15-12-41-11-10-40(26-39-8-4-3-5-9-39)27-52(41)70(58,60(79)57(78)59(64)67)73(65)61(84-73)62(80)85-71/h3-5,8-9,18-20,24-25,36,40-43,45-47,49-54,58-61,74,76-77,79H,6-7,10-11,13-14,16-17,21-23,26-35,37-38H2,1-2H3. The van der Waals surface area contributed by atoms with Crippen molar-refractivity contribution in [1.82, 2.24) is 10.2 Å². The van der Waals surface area contributed by atoms with Crippen LogP contribution < -0.4 is 5.32 Å². The largest absolute Gasteiger partial charge is 0.469 e. The van der Waals surface area contributed by atoms with E-state index in [0.717, 1.165) is 101 Å². The summed E-state index contributed by atoms with van der Waals surface area (Å²) >= 11 is 0. The topological polar surface area (TPSA) is 181 Å². The van der Waals surface area contributed by atoms with Crippen LogP contribution >= 0.6 is 0 Å². The van der Waals surface area contributed by atoms with Crippen LogP contribution in [0.2, 0.25) is 0 Å². The number of hydrogen-bond acceptors (Lipinski definition) is 13. The third-order valence-electron chi connectivity index (χ3n) is 30.6. The van der Waals surface area contributed by atoms with E-state index >= 15 is 14.4 Å². The lowest BCUT2D eigenvalue weighted by Crippen LogP contribution is -2.85. The van der Waals surface area contributed by atoms with Crippen LogP contribution in [0.5, 0.6) is 0 Å². The molecule has 452 valence electrons. The number of nitrogens with zero attached hydrogens (tertiary/aromatic N) is 1. The number of allylic oxidation sites excluding steroid dienone is 2. The summed E-state index contributed by atoms with van der Waals surface area (Å²) in [5, 5.41) is 41.9. The number of fused-ring (bicyclic) bond motifs is 7. The van der Waals surface area contributed by atoms with E-state index in [1.54, 1.807) is 0 Å². The summed E-state index contributed by atoms with van der Waals surface area (Å²) in [6.07, 6.45) is 25.5. The minimum Gasteiger partial charge on any atom is -0.469 e. The van der Waals surface area contributed by atoms with Crippen LogP contribution in [-0.4, -0.2) is 106 Å². The number of hydrogen-bond donors (Lipinski definition) is 4. The predicted octanol–water partition coefficient (Wildman–Crippen LogP) is 8.46. The number of aliphatic hydroxyl groups is 3. The number of aryl methyl sites for hydroxylation is 1. The van der Waals surface area contributed by atoms with Crippen LogP contribution in [-0.2, 0) is 58.2 Å². The Morgan fingerprint density at radius 3 is 2.67 bits per heavy atom. The summed E-state index contributed by atoms with van der Waals surface area (Å²) < 4.78 is 38.1. The quantitative estimate of drug-likeness (QED) is 0.0899. The second kappa shape index (κ2) is 16.5. The molecule has 8 saturated carbocycles. The normalized spacial score (nSPS) is 53.5. The Morgan fingerprint density at radius 1 is 0.965 bits per heavy atom. The van der Waals surface area contributed by atoms with Crippen molar-refractivity contribution < 1.29 is 53.1 Å². The van der Waals surface area contributed by atoms with Gasteiger partial charge in [-0.25, -0.2) is 4.79 Å². The fraction of sp³-hybridized carbons (Fsp3) is 0.712. The number of carbonyl (C=O) groups excluding carboxylic acids is 3. The van der Waals surface area contributed by atoms with Gasteiger partial charge in [-0.15, -0.1) is 0 Å². The van der Waals surface area contributed by atoms with E-state index in [9.17, 15) is 15.3 Å². The monoisotopic (exact) mass is 1160 g/mol. The van der Waals surface area contributed by atoms with Crippen molar-refractivity contribution in [3.05, 3.63) is 95.1 Å². The van der Waals surface area contributed by atoms with Gasteiger partial charge >= 0.3 is 11.9 Å². The lowest BCUT2D eigenvalue weighted by Gasteiger charge is -2.75. The molecule has 8 heterocycles. The number of epoxide rings is 1. The number of esters is 2. The van der Waals surface area contributed by atoms with Gasteiger partial charge in [-0.05, 0) is 197 Å². The van der Waals surface area contributed by atoms with Crippen molar-refractivity contribution in [3.8, 4) is 11.8 Å². The molecule has 10 bridgehead atoms. The Labute approximate surface area is 504 Å². The lowest BCUT2D eigenvalue weighted by molar-refractivity contribution is -0.325. The molecule has 13 fully saturated rings. The molecular formula is C73H84N2O11. The number of cyclic esters (lactones) is 1. The minimum absolute atomic E-state index is 0.00270. The average molecular weight is 1170 g/mol. The van der Waals surface area contributed by atoms with Crippen LogP contribution in [0.3, 0.4) is 0 Å². The zero-order chi connectivity index (χ0) is 57.7. The molecule has 8 spiro atoms. The van der Waals surface area contributed by atoms with Gasteiger partial charge in [0.25, 0.3) is 0 Å². The Hall–Kier alpha value is -4.55. The van der Waals surface area contributed by atoms with E-state index in [0.29, 0.717) is 68.6 Å². The average Bonchev–Trinajstić information content (AvgIpc) is 1.33. The molecule has 2 aromatic rings. The van der Waals surface area contributed by atoms with Gasteiger partial charge in [0, 0.05) is 46.7 Å². The molecule has 4 N–H and O–H groups in total. The van der Waals surface area contributed by atoms with Crippen molar-refractivity contribution in [3.63, 3.8) is 0 Å². The Kier molecular flexibility index (Phi) is 10.0. The number of Topliss-reactive ketones (excluding diaryl/α,β-unsaturated/α-hetero) is 1. The molecule has 26 unspecified atom stereocenters. The first-order valence-electron chi connectivity index (χ1n) is 34.2. The van der Waals surface area contributed by atoms with E-state index < -0.39 is 97.4 Å². The summed E-state index contributed by atoms with van der Waals surface area (Å²) in [7, 11) is 0. The Balaban J connectivity index is 0.845. The van der Waals surface area contributed by atoms with E-state index in [4.69, 9.17) is 23.4 Å². The highest BCUT2D eigenvalue weighted by atomic mass is 16.7. The van der Waals surface area contributed by atoms with Crippen molar-refractivity contribution >= 4 is 17.7 Å². The number of nitrogens with one attached hydrogen (secondary N) is 1. The number of carbonyl (C=O) groups is 3. The molecule has 13 heteroatoms. The van der Waals surface area contributed by atoms with Crippen LogP contribution in [0.4, 0.5) is 0 Å². The van der Waals surface area contributed by atoms with Crippen LogP contribution in [0, 0.1) is 121 Å². The van der Waals surface area contributed by atoms with Crippen LogP contribution in [0.15, 0.2) is 77.1 Å². The molecule has 0 radical (unpaired) electrons. The van der Waals surface area contributed by atoms with E-state index in [-0.39, 0.29) is 71.8 Å². The number of aliphatic hydroxyl groups excluding tert-OH is 3. The van der Waals surface area contributed by atoms with Gasteiger partial charge in [-0.2, -0.15) is 0 Å². The maximum atomic E-state index is 17.4. The summed E-state index contributed by atoms with van der Waals surface area (Å²) in [6.45, 7) is 5.92. The third-order valence-corrected chi connectivity index (χ3v) is 30.6. The first-order valence-corrected chi connectivity index (χ1v) is 34.2. The summed E-state index contributed by atoms with van der Waals surface area (Å²) in [4.78, 5) is 52.7. The maximum absolute atomic E-state index is 17.4. The van der Waals surface area contributed by atoms with Crippen molar-refractivity contribution in [2.75, 3.05) is 26.4 Å². The van der Waals surface area contributed by atoms with Crippen molar-refractivity contribution in [2.24, 2.45) is 109 Å². The van der Waals surface area contributed by atoms with Crippen molar-refractivity contribution in [2.45, 2.75) is 183 Å². The molecule has 86 heavy (non-hydrogen) atoms. The van der Waals surface area contributed by atoms with E-state index in [1.807, 2.05) is 6.26 Å². The Morgan fingerprint density at radius 2 is 1.83 bits per heavy atom. The van der Waals surface area contributed by atoms with Gasteiger partial charge in [-0.1, -0.05) is 86.2 Å². The highest BCUT2D eigenvalue weighted by Crippen LogP contribution is 2.95. The van der Waals surface area contributed by atoms with Crippen LogP contribution in [0.1, 0.15) is 139 Å². The summed E-state index contributed by atoms with van der Waals surface area (Å²) in [5.74, 6) is 6.43. The molecule has 1 aromatic carbocycles. The van der Waals surface area contributed by atoms with Gasteiger partial charge < -0.3 is 43.6 Å². The zero-order valence-electron chi connectivity index (χ0n) is 50.0. The zero-order valence-corrected chi connectivity index (χ0v) is 50.0. The molecule has 13 nitrogen and oxygen atoms in total. The Bertz CT molecular complexity index is 3540. The van der Waals surface area contributed by atoms with Gasteiger partial charge in [-0.3, -0.25) is 14.9 Å². The SMILES string of the molecule is CC12CC=C3CC4CC5C=CC67C(=O)OCC8(C1C(=O)C(O)C19C%10CC(Cc%11ccccc%11)CCC%10C#CC%10CCc%11coc(CC(C(O)CO)C%12CCC%13C(C=CN%14CNCC%13%14)C%12)c%11C%10%11OC(=O)C%10OC%101C%11(C)CC(CC46C51CCCC1)C89)C37O2. The molecule has 7 aliphatic heterocycles. The first kappa shape index (κ1) is 52.2. The molecule has 26 atom stereocenters. The summed E-state index contributed by atoms with van der Waals surface area (Å²) in [5.41, 5.74) is -6.72. The number of rotatable bonds is 7. The minimum atomic E-state index is -1.57. The maximum Gasteiger partial charge on any atom is 0.339 e. The summed E-state index contributed by atoms with van der Waals surface area (Å²) in [6, 6.07) is 11.2. The molecule has 0 amide bonds. The number of ketones is 1. The van der Waals surface area contributed by atoms with Gasteiger partial charge in [0.1, 0.15) is 35.1 Å². The number of furan rings is 1. The van der Waals surface area contributed by atoms with Crippen molar-refractivity contribution in [1.29, 1.82) is 0 Å². The smallest absolute Gasteiger partial charge is 0.339 e. The molecule has 18 aliphatic rings. The first-order chi connectivity index (χ1) is 41.7.